The molecule has 0 saturated carbocycles. The highest BCUT2D eigenvalue weighted by Crippen LogP contribution is 2.36. The van der Waals surface area contributed by atoms with Crippen molar-refractivity contribution in [3.05, 3.63) is 109 Å². The van der Waals surface area contributed by atoms with Gasteiger partial charge in [0.15, 0.2) is 5.58 Å². The van der Waals surface area contributed by atoms with Crippen LogP contribution in [0.1, 0.15) is 0 Å². The third-order valence-electron chi connectivity index (χ3n) is 6.83. The molecule has 0 aliphatic heterocycles. The lowest BCUT2D eigenvalue weighted by molar-refractivity contribution is 0.619. The summed E-state index contributed by atoms with van der Waals surface area (Å²) in [6.45, 7) is 0. The lowest BCUT2D eigenvalue weighted by atomic mass is 10.1. The van der Waals surface area contributed by atoms with Gasteiger partial charge in [-0.05, 0) is 60.7 Å². The Kier molecular flexibility index (Phi) is 3.63. The highest BCUT2D eigenvalue weighted by atomic mass is 16.3. The maximum absolute atomic E-state index is 6.26. The highest BCUT2D eigenvalue weighted by Gasteiger charge is 2.15. The summed E-state index contributed by atoms with van der Waals surface area (Å²) in [7, 11) is 0. The van der Waals surface area contributed by atoms with E-state index in [0.717, 1.165) is 44.3 Å². The Morgan fingerprint density at radius 2 is 1.26 bits per heavy atom. The molecule has 0 saturated heterocycles. The largest absolute Gasteiger partial charge is 0.456 e. The van der Waals surface area contributed by atoms with Crippen LogP contribution >= 0.6 is 0 Å². The number of hydrogen-bond acceptors (Lipinski definition) is 3. The summed E-state index contributed by atoms with van der Waals surface area (Å²) in [6.07, 6.45) is 0. The van der Waals surface area contributed by atoms with Crippen molar-refractivity contribution >= 4 is 54.8 Å². The van der Waals surface area contributed by atoms with Crippen LogP contribution in [0, 0.1) is 0 Å². The van der Waals surface area contributed by atoms with E-state index in [2.05, 4.69) is 88.4 Å². The number of para-hydroxylation sites is 4. The van der Waals surface area contributed by atoms with Crippen molar-refractivity contribution in [2.45, 2.75) is 0 Å². The van der Waals surface area contributed by atoms with Gasteiger partial charge in [0, 0.05) is 32.8 Å². The van der Waals surface area contributed by atoms with Crippen LogP contribution in [0.2, 0.25) is 0 Å². The van der Waals surface area contributed by atoms with Crippen LogP contribution in [-0.2, 0) is 0 Å². The first-order valence-corrected chi connectivity index (χ1v) is 11.6. The first-order valence-electron chi connectivity index (χ1n) is 11.6. The molecule has 8 rings (SSSR count). The number of rotatable bonds is 2. The fourth-order valence-corrected chi connectivity index (χ4v) is 5.23. The van der Waals surface area contributed by atoms with E-state index >= 15 is 0 Å². The first-order chi connectivity index (χ1) is 17.3. The Morgan fingerprint density at radius 1 is 0.514 bits per heavy atom. The van der Waals surface area contributed by atoms with Gasteiger partial charge in [-0.3, -0.25) is 0 Å². The van der Waals surface area contributed by atoms with E-state index in [9.17, 15) is 0 Å². The first kappa shape index (κ1) is 18.6. The van der Waals surface area contributed by atoms with Gasteiger partial charge in [0.1, 0.15) is 16.7 Å². The second-order valence-electron chi connectivity index (χ2n) is 8.85. The van der Waals surface area contributed by atoms with E-state index in [1.54, 1.807) is 0 Å². The Hall–Kier alpha value is -4.83. The van der Waals surface area contributed by atoms with E-state index in [1.165, 1.54) is 21.8 Å². The number of furan rings is 1. The molecule has 0 amide bonds. The van der Waals surface area contributed by atoms with Crippen LogP contribution in [0.3, 0.4) is 0 Å². The van der Waals surface area contributed by atoms with Crippen LogP contribution < -0.4 is 0 Å². The molecule has 0 aliphatic carbocycles. The van der Waals surface area contributed by atoms with Crippen LogP contribution in [0.25, 0.3) is 72.0 Å². The van der Waals surface area contributed by atoms with Crippen LogP contribution in [0.5, 0.6) is 0 Å². The molecule has 8 aromatic rings. The van der Waals surface area contributed by atoms with Crippen molar-refractivity contribution in [3.8, 4) is 17.1 Å². The molecular weight excluding hydrogens is 432 g/mol. The van der Waals surface area contributed by atoms with Crippen molar-refractivity contribution in [1.29, 1.82) is 0 Å². The minimum absolute atomic E-state index is 0.597. The van der Waals surface area contributed by atoms with Gasteiger partial charge >= 0.3 is 0 Å². The molecule has 0 atom stereocenters. The summed E-state index contributed by atoms with van der Waals surface area (Å²) < 4.78 is 14.6. The second kappa shape index (κ2) is 6.84. The summed E-state index contributed by atoms with van der Waals surface area (Å²) in [5.41, 5.74) is 7.71. The van der Waals surface area contributed by atoms with Crippen molar-refractivity contribution in [1.82, 2.24) is 9.55 Å². The van der Waals surface area contributed by atoms with Crippen molar-refractivity contribution in [2.24, 2.45) is 0 Å². The SMILES string of the molecule is c1ccc2oc(-c3ccc4c(c3)oc3ccc(-n5c6ccccc6c6ccccc65)cc34)nc2c1. The third kappa shape index (κ3) is 2.65. The standard InChI is InChI=1S/C31H18N2O2/c1-4-10-26-21(7-1)22-8-2-5-11-27(22)33(26)20-14-16-28-24(18-20)23-15-13-19(17-30(23)34-28)31-32-25-9-3-6-12-29(25)35-31/h1-18H. The fraction of sp³-hybridized carbons (Fsp3) is 0. The number of fused-ring (bicyclic) bond motifs is 7. The maximum atomic E-state index is 6.26. The molecule has 0 fully saturated rings. The Labute approximate surface area is 199 Å². The zero-order valence-electron chi connectivity index (χ0n) is 18.6. The molecular formula is C31H18N2O2. The molecule has 0 bridgehead atoms. The van der Waals surface area contributed by atoms with Gasteiger partial charge in [0.25, 0.3) is 0 Å². The molecule has 0 radical (unpaired) electrons. The molecule has 164 valence electrons. The third-order valence-corrected chi connectivity index (χ3v) is 6.83. The smallest absolute Gasteiger partial charge is 0.227 e. The minimum Gasteiger partial charge on any atom is -0.456 e. The number of oxazole rings is 1. The van der Waals surface area contributed by atoms with Gasteiger partial charge < -0.3 is 13.4 Å². The van der Waals surface area contributed by atoms with Gasteiger partial charge in [0.2, 0.25) is 5.89 Å². The summed E-state index contributed by atoms with van der Waals surface area (Å²) >= 11 is 0. The van der Waals surface area contributed by atoms with E-state index in [0.29, 0.717) is 5.89 Å². The molecule has 0 unspecified atom stereocenters. The molecule has 4 heteroatoms. The number of hydrogen-bond donors (Lipinski definition) is 0. The predicted molar refractivity (Wildman–Crippen MR) is 141 cm³/mol. The Bertz CT molecular complexity index is 1990. The summed E-state index contributed by atoms with van der Waals surface area (Å²) in [6, 6.07) is 37.5. The number of aromatic nitrogens is 2. The zero-order valence-corrected chi connectivity index (χ0v) is 18.6. The molecule has 3 aromatic heterocycles. The van der Waals surface area contributed by atoms with Gasteiger partial charge in [-0.25, -0.2) is 4.98 Å². The molecule has 3 heterocycles. The fourth-order valence-electron chi connectivity index (χ4n) is 5.23. The second-order valence-corrected chi connectivity index (χ2v) is 8.85. The quantitative estimate of drug-likeness (QED) is 0.265. The van der Waals surface area contributed by atoms with E-state index in [4.69, 9.17) is 8.83 Å². The summed E-state index contributed by atoms with van der Waals surface area (Å²) in [5.74, 6) is 0.597. The number of benzene rings is 5. The average molecular weight is 450 g/mol. The minimum atomic E-state index is 0.597. The maximum Gasteiger partial charge on any atom is 0.227 e. The van der Waals surface area contributed by atoms with Gasteiger partial charge in [-0.1, -0.05) is 48.5 Å². The molecule has 5 aromatic carbocycles. The van der Waals surface area contributed by atoms with Crippen LogP contribution in [0.15, 0.2) is 118 Å². The lowest BCUT2D eigenvalue weighted by Gasteiger charge is -2.07. The summed E-state index contributed by atoms with van der Waals surface area (Å²) in [5, 5.41) is 4.66. The van der Waals surface area contributed by atoms with E-state index < -0.39 is 0 Å². The monoisotopic (exact) mass is 450 g/mol. The molecule has 0 spiro atoms. The molecule has 4 nitrogen and oxygen atoms in total. The highest BCUT2D eigenvalue weighted by molar-refractivity contribution is 6.10. The Morgan fingerprint density at radius 3 is 2.06 bits per heavy atom. The molecule has 35 heavy (non-hydrogen) atoms. The van der Waals surface area contributed by atoms with E-state index in [-0.39, 0.29) is 0 Å². The van der Waals surface area contributed by atoms with Gasteiger partial charge in [-0.15, -0.1) is 0 Å². The van der Waals surface area contributed by atoms with Gasteiger partial charge in [0.05, 0.1) is 11.0 Å². The molecule has 0 N–H and O–H groups in total. The predicted octanol–water partition coefficient (Wildman–Crippen LogP) is 8.49. The zero-order chi connectivity index (χ0) is 22.9. The van der Waals surface area contributed by atoms with Crippen molar-refractivity contribution in [2.75, 3.05) is 0 Å². The molecule has 0 aliphatic rings. The normalized spacial score (nSPS) is 12.0. The van der Waals surface area contributed by atoms with Crippen molar-refractivity contribution in [3.63, 3.8) is 0 Å². The Balaban J connectivity index is 1.33. The van der Waals surface area contributed by atoms with E-state index in [1.807, 2.05) is 30.3 Å². The average Bonchev–Trinajstić information content (AvgIpc) is 3.59. The topological polar surface area (TPSA) is 44.1 Å². The van der Waals surface area contributed by atoms with Gasteiger partial charge in [-0.2, -0.15) is 0 Å². The van der Waals surface area contributed by atoms with Crippen LogP contribution in [0.4, 0.5) is 0 Å². The number of nitrogens with zero attached hydrogens (tertiary/aromatic N) is 2. The van der Waals surface area contributed by atoms with Crippen molar-refractivity contribution < 1.29 is 8.83 Å². The van der Waals surface area contributed by atoms with Crippen LogP contribution in [-0.4, -0.2) is 9.55 Å². The lowest BCUT2D eigenvalue weighted by Crippen LogP contribution is -1.93. The summed E-state index contributed by atoms with van der Waals surface area (Å²) in [4.78, 5) is 4.64.